The Kier molecular flexibility index (Phi) is 5.46. The Morgan fingerprint density at radius 3 is 2.30 bits per heavy atom. The first-order valence-electron chi connectivity index (χ1n) is 7.10. The van der Waals surface area contributed by atoms with E-state index in [0.29, 0.717) is 5.75 Å². The quantitative estimate of drug-likeness (QED) is 0.606. The van der Waals surface area contributed by atoms with Gasteiger partial charge in [0.25, 0.3) is 0 Å². The molecule has 4 nitrogen and oxygen atoms in total. The van der Waals surface area contributed by atoms with E-state index in [9.17, 15) is 14.0 Å². The van der Waals surface area contributed by atoms with Crippen molar-refractivity contribution >= 4 is 11.8 Å². The monoisotopic (exact) mass is 316 g/mol. The van der Waals surface area contributed by atoms with E-state index >= 15 is 0 Å². The molecule has 5 heteroatoms. The van der Waals surface area contributed by atoms with Gasteiger partial charge in [0.15, 0.2) is 13.2 Å². The van der Waals surface area contributed by atoms with E-state index in [1.807, 2.05) is 19.9 Å². The molecule has 0 fully saturated rings. The molecule has 0 heterocycles. The molecule has 0 aromatic heterocycles. The lowest BCUT2D eigenvalue weighted by Gasteiger charge is -2.08. The predicted octanol–water partition coefficient (Wildman–Crippen LogP) is 3.25. The Balaban J connectivity index is 1.83. The number of ether oxygens (including phenoxy) is 2. The molecule has 2 aromatic carbocycles. The fraction of sp³-hybridized carbons (Fsp3) is 0.222. The number of esters is 1. The summed E-state index contributed by atoms with van der Waals surface area (Å²) >= 11 is 0. The molecule has 0 aliphatic rings. The van der Waals surface area contributed by atoms with Crippen LogP contribution in [-0.4, -0.2) is 25.0 Å². The maximum atomic E-state index is 13.4. The second-order valence-corrected chi connectivity index (χ2v) is 5.18. The number of halogens is 1. The highest BCUT2D eigenvalue weighted by molar-refractivity contribution is 5.98. The topological polar surface area (TPSA) is 52.6 Å². The number of hydrogen-bond acceptors (Lipinski definition) is 4. The van der Waals surface area contributed by atoms with Crippen LogP contribution in [0.25, 0.3) is 0 Å². The molecule has 0 aliphatic carbocycles. The number of benzene rings is 2. The van der Waals surface area contributed by atoms with E-state index in [4.69, 9.17) is 9.47 Å². The lowest BCUT2D eigenvalue weighted by molar-refractivity contribution is -0.144. The summed E-state index contributed by atoms with van der Waals surface area (Å²) in [6.07, 6.45) is 0. The number of Topliss-reactive ketones (excluding diaryl/α,β-unsaturated/α-hetero) is 1. The van der Waals surface area contributed by atoms with E-state index in [1.54, 1.807) is 18.2 Å². The number of ketones is 1. The molecule has 0 saturated carbocycles. The molecule has 0 unspecified atom stereocenters. The molecular formula is C18H17FO4. The van der Waals surface area contributed by atoms with Crippen LogP contribution in [-0.2, 0) is 9.53 Å². The molecule has 0 amide bonds. The largest absolute Gasteiger partial charge is 0.482 e. The number of aryl methyl sites for hydroxylation is 2. The van der Waals surface area contributed by atoms with Crippen LogP contribution in [0.4, 0.5) is 4.39 Å². The normalized spacial score (nSPS) is 10.2. The molecule has 0 spiro atoms. The third-order valence-corrected chi connectivity index (χ3v) is 3.09. The SMILES string of the molecule is Cc1cc(C)cc(OCC(=O)OCC(=O)c2ccccc2F)c1. The van der Waals surface area contributed by atoms with Gasteiger partial charge < -0.3 is 9.47 Å². The summed E-state index contributed by atoms with van der Waals surface area (Å²) in [5, 5.41) is 0. The summed E-state index contributed by atoms with van der Waals surface area (Å²) in [6, 6.07) is 11.1. The van der Waals surface area contributed by atoms with Crippen LogP contribution < -0.4 is 4.74 Å². The summed E-state index contributed by atoms with van der Waals surface area (Å²) < 4.78 is 23.6. The first-order chi connectivity index (χ1) is 11.0. The van der Waals surface area contributed by atoms with Crippen molar-refractivity contribution in [3.8, 4) is 5.75 Å². The number of carbonyl (C=O) groups excluding carboxylic acids is 2. The van der Waals surface area contributed by atoms with Gasteiger partial charge in [-0.3, -0.25) is 4.79 Å². The Hall–Kier alpha value is -2.69. The van der Waals surface area contributed by atoms with Gasteiger partial charge in [0.2, 0.25) is 5.78 Å². The average Bonchev–Trinajstić information content (AvgIpc) is 2.50. The van der Waals surface area contributed by atoms with Crippen LogP contribution in [0.1, 0.15) is 21.5 Å². The van der Waals surface area contributed by atoms with E-state index in [-0.39, 0.29) is 12.2 Å². The van der Waals surface area contributed by atoms with Gasteiger partial charge in [-0.15, -0.1) is 0 Å². The van der Waals surface area contributed by atoms with Crippen LogP contribution >= 0.6 is 0 Å². The number of hydrogen-bond donors (Lipinski definition) is 0. The van der Waals surface area contributed by atoms with Gasteiger partial charge in [-0.05, 0) is 49.2 Å². The van der Waals surface area contributed by atoms with Gasteiger partial charge in [0, 0.05) is 0 Å². The zero-order valence-electron chi connectivity index (χ0n) is 13.0. The summed E-state index contributed by atoms with van der Waals surface area (Å²) in [7, 11) is 0. The van der Waals surface area contributed by atoms with Crippen molar-refractivity contribution in [1.82, 2.24) is 0 Å². The number of carbonyl (C=O) groups is 2. The smallest absolute Gasteiger partial charge is 0.344 e. The fourth-order valence-electron chi connectivity index (χ4n) is 2.11. The molecule has 0 atom stereocenters. The maximum Gasteiger partial charge on any atom is 0.344 e. The predicted molar refractivity (Wildman–Crippen MR) is 83.1 cm³/mol. The maximum absolute atomic E-state index is 13.4. The zero-order valence-corrected chi connectivity index (χ0v) is 13.0. The standard InChI is InChI=1S/C18H17FO4/c1-12-7-13(2)9-14(8-12)22-11-18(21)23-10-17(20)15-5-3-4-6-16(15)19/h3-9H,10-11H2,1-2H3. The van der Waals surface area contributed by atoms with Crippen molar-refractivity contribution in [1.29, 1.82) is 0 Å². The van der Waals surface area contributed by atoms with Gasteiger partial charge >= 0.3 is 5.97 Å². The van der Waals surface area contributed by atoms with Crippen LogP contribution in [0.5, 0.6) is 5.75 Å². The van der Waals surface area contributed by atoms with Crippen molar-refractivity contribution in [2.75, 3.05) is 13.2 Å². The lowest BCUT2D eigenvalue weighted by Crippen LogP contribution is -2.20. The summed E-state index contributed by atoms with van der Waals surface area (Å²) in [4.78, 5) is 23.4. The van der Waals surface area contributed by atoms with Crippen LogP contribution in [0.3, 0.4) is 0 Å². The second kappa shape index (κ2) is 7.54. The van der Waals surface area contributed by atoms with E-state index in [0.717, 1.165) is 11.1 Å². The van der Waals surface area contributed by atoms with E-state index < -0.39 is 24.2 Å². The summed E-state index contributed by atoms with van der Waals surface area (Å²) in [5.41, 5.74) is 1.93. The molecule has 0 radical (unpaired) electrons. The summed E-state index contributed by atoms with van der Waals surface area (Å²) in [6.45, 7) is 3.01. The molecule has 0 bridgehead atoms. The van der Waals surface area contributed by atoms with Crippen LogP contribution in [0.2, 0.25) is 0 Å². The second-order valence-electron chi connectivity index (χ2n) is 5.18. The zero-order chi connectivity index (χ0) is 16.8. The minimum atomic E-state index is -0.686. The van der Waals surface area contributed by atoms with Gasteiger partial charge in [0.05, 0.1) is 5.56 Å². The highest BCUT2D eigenvalue weighted by Crippen LogP contribution is 2.16. The van der Waals surface area contributed by atoms with Crippen molar-refractivity contribution in [2.45, 2.75) is 13.8 Å². The Morgan fingerprint density at radius 2 is 1.65 bits per heavy atom. The highest BCUT2D eigenvalue weighted by atomic mass is 19.1. The molecule has 2 rings (SSSR count). The molecule has 23 heavy (non-hydrogen) atoms. The summed E-state index contributed by atoms with van der Waals surface area (Å²) in [5.74, 6) is -1.36. The third kappa shape index (κ3) is 4.92. The lowest BCUT2D eigenvalue weighted by atomic mass is 10.1. The van der Waals surface area contributed by atoms with Crippen molar-refractivity contribution in [3.05, 3.63) is 65.0 Å². The van der Waals surface area contributed by atoms with Crippen molar-refractivity contribution < 1.29 is 23.5 Å². The van der Waals surface area contributed by atoms with Gasteiger partial charge in [0.1, 0.15) is 11.6 Å². The highest BCUT2D eigenvalue weighted by Gasteiger charge is 2.14. The molecular weight excluding hydrogens is 299 g/mol. The molecule has 0 saturated heterocycles. The van der Waals surface area contributed by atoms with Gasteiger partial charge in [-0.25, -0.2) is 9.18 Å². The fourth-order valence-corrected chi connectivity index (χ4v) is 2.11. The molecule has 2 aromatic rings. The first kappa shape index (κ1) is 16.7. The Bertz CT molecular complexity index is 704. The van der Waals surface area contributed by atoms with E-state index in [1.165, 1.54) is 18.2 Å². The van der Waals surface area contributed by atoms with Crippen molar-refractivity contribution in [2.24, 2.45) is 0 Å². The molecule has 0 N–H and O–H groups in total. The van der Waals surface area contributed by atoms with Gasteiger partial charge in [-0.1, -0.05) is 18.2 Å². The molecule has 120 valence electrons. The minimum Gasteiger partial charge on any atom is -0.482 e. The van der Waals surface area contributed by atoms with Crippen molar-refractivity contribution in [3.63, 3.8) is 0 Å². The molecule has 0 aliphatic heterocycles. The minimum absolute atomic E-state index is 0.101. The first-order valence-corrected chi connectivity index (χ1v) is 7.10. The Labute approximate surface area is 133 Å². The third-order valence-electron chi connectivity index (χ3n) is 3.09. The van der Waals surface area contributed by atoms with Crippen LogP contribution in [0.15, 0.2) is 42.5 Å². The van der Waals surface area contributed by atoms with Crippen LogP contribution in [0, 0.1) is 19.7 Å². The van der Waals surface area contributed by atoms with E-state index in [2.05, 4.69) is 0 Å². The number of rotatable bonds is 6. The van der Waals surface area contributed by atoms with Gasteiger partial charge in [-0.2, -0.15) is 0 Å². The average molecular weight is 316 g/mol. The Morgan fingerprint density at radius 1 is 1.00 bits per heavy atom.